The zero-order valence-corrected chi connectivity index (χ0v) is 26.8. The molecular formula is C25H44N5O8PS2. The zero-order chi connectivity index (χ0) is 32.3. The third-order valence-electron chi connectivity index (χ3n) is 6.19. The van der Waals surface area contributed by atoms with E-state index in [9.17, 15) is 13.2 Å². The molecule has 5 atom stereocenters. The number of nitrogens with zero attached hydrogens (tertiary/aromatic N) is 3. The summed E-state index contributed by atoms with van der Waals surface area (Å²) in [6, 6.07) is 0.111. The van der Waals surface area contributed by atoms with Crippen LogP contribution in [0, 0.1) is 0 Å². The Hall–Kier alpha value is -1.68. The molecule has 41 heavy (non-hydrogen) atoms. The van der Waals surface area contributed by atoms with E-state index in [1.54, 1.807) is 15.9 Å². The van der Waals surface area contributed by atoms with E-state index in [-0.39, 0.29) is 60.5 Å². The number of carbonyl (C=O) groups excluding carboxylic acids is 1. The molecule has 0 saturated carbocycles. The number of amides is 1. The van der Waals surface area contributed by atoms with Crippen LogP contribution < -0.4 is 10.8 Å². The van der Waals surface area contributed by atoms with Gasteiger partial charge in [0.25, 0.3) is 19.6 Å². The number of sulfone groups is 1. The Morgan fingerprint density at radius 1 is 1.41 bits per heavy atom. The lowest BCUT2D eigenvalue weighted by Gasteiger charge is -2.39. The topological polar surface area (TPSA) is 142 Å². The molecule has 2 unspecified atom stereocenters. The first-order chi connectivity index (χ1) is 20.3. The van der Waals surface area contributed by atoms with Crippen molar-refractivity contribution >= 4 is 41.7 Å². The average Bonchev–Trinajstić information content (AvgIpc) is 3.25. The summed E-state index contributed by atoms with van der Waals surface area (Å²) in [7, 11) is -3.56. The summed E-state index contributed by atoms with van der Waals surface area (Å²) in [6.45, 7) is 16.4. The van der Waals surface area contributed by atoms with Crippen LogP contribution in [0.15, 0.2) is 37.3 Å². The van der Waals surface area contributed by atoms with Crippen molar-refractivity contribution in [2.75, 3.05) is 38.2 Å². The molecule has 13 nitrogen and oxygen atoms in total. The predicted molar refractivity (Wildman–Crippen MR) is 162 cm³/mol. The van der Waals surface area contributed by atoms with Gasteiger partial charge in [-0.2, -0.15) is 5.48 Å². The van der Waals surface area contributed by atoms with E-state index in [0.717, 1.165) is 0 Å². The van der Waals surface area contributed by atoms with E-state index in [1.165, 1.54) is 19.4 Å². The van der Waals surface area contributed by atoms with Gasteiger partial charge in [0.05, 0.1) is 17.6 Å². The molecule has 3 rings (SSSR count). The summed E-state index contributed by atoms with van der Waals surface area (Å²) >= 11 is 5.61. The summed E-state index contributed by atoms with van der Waals surface area (Å²) in [5, 5.41) is 6.25. The second-order valence-electron chi connectivity index (χ2n) is 9.82. The third-order valence-corrected chi connectivity index (χ3v) is 10.2. The lowest BCUT2D eigenvalue weighted by atomic mass is 10.1. The summed E-state index contributed by atoms with van der Waals surface area (Å²) in [5.74, 6) is -0.122. The highest BCUT2D eigenvalue weighted by atomic mass is 32.2. The molecule has 1 amide bonds. The van der Waals surface area contributed by atoms with Gasteiger partial charge in [0, 0.05) is 52.5 Å². The molecule has 2 saturated heterocycles. The number of hydrogen-bond donors (Lipinski definition) is 3. The minimum absolute atomic E-state index is 0.0279. The van der Waals surface area contributed by atoms with Crippen LogP contribution in [-0.4, -0.2) is 115 Å². The van der Waals surface area contributed by atoms with Crippen molar-refractivity contribution in [1.29, 1.82) is 1.43 Å². The SMILES string of the molecule is [2H]C[C@H]1O[C@@H](N2C=CC(=O)NC2=C)[C@@H](OC(=S)N2CCS(=O)(=O)CC2)C1OP(ONCC=C)N(C(C)C)C(C)C.[3H]OC. The smallest absolute Gasteiger partial charge is 0.277 e. The Morgan fingerprint density at radius 3 is 2.59 bits per heavy atom. The van der Waals surface area contributed by atoms with E-state index in [0.29, 0.717) is 6.54 Å². The molecule has 0 bridgehead atoms. The van der Waals surface area contributed by atoms with Crippen molar-refractivity contribution in [2.24, 2.45) is 0 Å². The molecule has 0 aromatic carbocycles. The molecular weight excluding hydrogens is 593 g/mol. The summed E-state index contributed by atoms with van der Waals surface area (Å²) < 4.78 is 65.2. The van der Waals surface area contributed by atoms with Gasteiger partial charge in [-0.3, -0.25) is 4.79 Å². The fourth-order valence-corrected chi connectivity index (χ4v) is 7.49. The highest BCUT2D eigenvalue weighted by Gasteiger charge is 2.51. The summed E-state index contributed by atoms with van der Waals surface area (Å²) in [4.78, 5) is 15.2. The van der Waals surface area contributed by atoms with Crippen LogP contribution in [0.25, 0.3) is 0 Å². The molecule has 16 heteroatoms. The first kappa shape index (κ1) is 32.2. The number of aliphatic hydroxyl groups is 1. The first-order valence-corrected chi connectivity index (χ1v) is 16.5. The fraction of sp³-hybridized carbons (Fsp3) is 0.680. The second-order valence-corrected chi connectivity index (χ2v) is 13.8. The van der Waals surface area contributed by atoms with E-state index in [2.05, 4.69) is 33.7 Å². The van der Waals surface area contributed by atoms with Gasteiger partial charge in [0.15, 0.2) is 22.2 Å². The predicted octanol–water partition coefficient (Wildman–Crippen LogP) is 1.60. The number of nitrogens with one attached hydrogen (secondary N) is 2. The highest BCUT2D eigenvalue weighted by Crippen LogP contribution is 2.49. The van der Waals surface area contributed by atoms with Crippen LogP contribution in [0.5, 0.6) is 0 Å². The first-order valence-electron chi connectivity index (χ1n) is 14.2. The van der Waals surface area contributed by atoms with Gasteiger partial charge in [-0.05, 0) is 46.8 Å². The van der Waals surface area contributed by atoms with E-state index in [4.69, 9.17) is 33.6 Å². The van der Waals surface area contributed by atoms with Crippen LogP contribution in [0.3, 0.4) is 0 Å². The van der Waals surface area contributed by atoms with Gasteiger partial charge in [-0.15, -0.1) is 6.58 Å². The molecule has 3 aliphatic heterocycles. The third kappa shape index (κ3) is 9.66. The standard InChI is InChI=1S/C24H40N5O7PS2.CH4O/c1-8-10-25-36-37(29(16(2)3)17(4)5)35-21-18(6)33-23(28-11-9-20(30)26-19(28)7)22(21)34-24(38)27-12-14-39(31,32)15-13-27;1-2/h8-9,11,16-18,21-23,25H,1,7,10,12-15H2,2-6H3,(H,26,30);2H,1H3/t18-,21?,22+,23-,37?;/m1./s1/i6D;2T. The molecule has 0 spiro atoms. The second kappa shape index (κ2) is 16.2. The van der Waals surface area contributed by atoms with Crippen molar-refractivity contribution in [2.45, 2.75) is 71.2 Å². The fourth-order valence-electron chi connectivity index (χ4n) is 4.35. The van der Waals surface area contributed by atoms with Crippen molar-refractivity contribution in [3.63, 3.8) is 0 Å². The van der Waals surface area contributed by atoms with Crippen molar-refractivity contribution in [1.82, 2.24) is 25.3 Å². The average molecular weight is 641 g/mol. The summed E-state index contributed by atoms with van der Waals surface area (Å²) in [5.41, 5.74) is 2.88. The van der Waals surface area contributed by atoms with E-state index < -0.39 is 42.9 Å². The van der Waals surface area contributed by atoms with Gasteiger partial charge in [0.1, 0.15) is 11.9 Å². The Bertz CT molecular complexity index is 1080. The normalized spacial score (nSPS) is 27.2. The van der Waals surface area contributed by atoms with Gasteiger partial charge in [-0.1, -0.05) is 12.7 Å². The quantitative estimate of drug-likeness (QED) is 0.0991. The molecule has 0 aliphatic carbocycles. The largest absolute Gasteiger partial charge is 0.460 e. The Balaban J connectivity index is 0.00000206. The number of carbonyl (C=O) groups is 1. The van der Waals surface area contributed by atoms with Crippen LogP contribution in [0.1, 0.15) is 36.0 Å². The van der Waals surface area contributed by atoms with Crippen LogP contribution in [0.4, 0.5) is 0 Å². The molecule has 0 radical (unpaired) electrons. The summed E-state index contributed by atoms with van der Waals surface area (Å²) in [6.07, 6.45) is 1.23. The maximum atomic E-state index is 12.0. The molecule has 2 fully saturated rings. The Kier molecular flexibility index (Phi) is 12.8. The minimum Gasteiger partial charge on any atom is -0.460 e. The van der Waals surface area contributed by atoms with Crippen molar-refractivity contribution in [3.05, 3.63) is 37.3 Å². The van der Waals surface area contributed by atoms with E-state index in [1.807, 2.05) is 27.7 Å². The number of ether oxygens (including phenoxy) is 2. The van der Waals surface area contributed by atoms with Crippen molar-refractivity contribution < 1.29 is 38.3 Å². The number of thiocarbonyl (C=S) groups is 1. The minimum atomic E-state index is -3.13. The molecule has 234 valence electrons. The molecule has 3 heterocycles. The lowest BCUT2D eigenvalue weighted by molar-refractivity contribution is -0.118. The van der Waals surface area contributed by atoms with Gasteiger partial charge >= 0.3 is 0 Å². The molecule has 0 aromatic rings. The number of aliphatic hydroxyl groups excluding tert-OH is 1. The molecule has 3 aliphatic rings. The highest BCUT2D eigenvalue weighted by molar-refractivity contribution is 7.91. The van der Waals surface area contributed by atoms with Gasteiger partial charge in [-0.25, -0.2) is 17.7 Å². The Morgan fingerprint density at radius 2 is 2.05 bits per heavy atom. The maximum Gasteiger partial charge on any atom is 0.277 e. The van der Waals surface area contributed by atoms with Crippen LogP contribution >= 0.6 is 20.7 Å². The molecule has 0 aromatic heterocycles. The maximum absolute atomic E-state index is 12.0. The van der Waals surface area contributed by atoms with Gasteiger partial charge < -0.3 is 34.2 Å². The number of rotatable bonds is 11. The van der Waals surface area contributed by atoms with E-state index >= 15 is 0 Å². The Labute approximate surface area is 253 Å². The number of hydroxylamine groups is 1. The lowest BCUT2D eigenvalue weighted by Crippen LogP contribution is -2.51. The number of hydrogen-bond acceptors (Lipinski definition) is 12. The monoisotopic (exact) mass is 640 g/mol. The van der Waals surface area contributed by atoms with Gasteiger partial charge in [0.2, 0.25) is 1.43 Å². The zero-order valence-electron chi connectivity index (χ0n) is 26.2. The van der Waals surface area contributed by atoms with Crippen LogP contribution in [0.2, 0.25) is 0 Å². The van der Waals surface area contributed by atoms with Crippen LogP contribution in [-0.2, 0) is 33.3 Å². The molecule has 3 N–H and O–H groups in total. The van der Waals surface area contributed by atoms with Crippen molar-refractivity contribution in [3.8, 4) is 0 Å².